The van der Waals surface area contributed by atoms with E-state index in [9.17, 15) is 9.59 Å². The van der Waals surface area contributed by atoms with Crippen molar-refractivity contribution in [3.05, 3.63) is 69.8 Å². The molecule has 0 bridgehead atoms. The number of benzene rings is 2. The van der Waals surface area contributed by atoms with Gasteiger partial charge in [0.2, 0.25) is 5.91 Å². The van der Waals surface area contributed by atoms with E-state index in [0.717, 1.165) is 74.3 Å². The topological polar surface area (TPSA) is 58.6 Å². The van der Waals surface area contributed by atoms with Crippen LogP contribution in [-0.4, -0.2) is 43.5 Å². The summed E-state index contributed by atoms with van der Waals surface area (Å²) >= 11 is 6.33. The number of rotatable bonds is 4. The molecule has 2 heterocycles. The highest BCUT2D eigenvalue weighted by molar-refractivity contribution is 6.31. The Morgan fingerprint density at radius 3 is 2.74 bits per heavy atom. The molecule has 178 valence electrons. The van der Waals surface area contributed by atoms with Gasteiger partial charge in [-0.25, -0.2) is 0 Å². The van der Waals surface area contributed by atoms with Gasteiger partial charge in [0.1, 0.15) is 5.75 Å². The molecule has 5 nitrogen and oxygen atoms in total. The van der Waals surface area contributed by atoms with Crippen LogP contribution < -0.4 is 10.1 Å². The first kappa shape index (κ1) is 23.0. The van der Waals surface area contributed by atoms with Gasteiger partial charge in [0.05, 0.1) is 6.61 Å². The molecular weight excluding hydrogens is 448 g/mol. The largest absolute Gasteiger partial charge is 0.493 e. The summed E-state index contributed by atoms with van der Waals surface area (Å²) in [5.74, 6) is 1.62. The number of allylic oxidation sites excluding steroid dienone is 1. The maximum atomic E-state index is 13.7. The molecule has 1 atom stereocenters. The van der Waals surface area contributed by atoms with Crippen LogP contribution in [0.15, 0.2) is 42.5 Å². The van der Waals surface area contributed by atoms with Crippen LogP contribution in [0.4, 0.5) is 0 Å². The van der Waals surface area contributed by atoms with Crippen LogP contribution in [0.1, 0.15) is 66.2 Å². The maximum Gasteiger partial charge on any atom is 0.254 e. The number of piperidine rings is 1. The second-order valence-corrected chi connectivity index (χ2v) is 9.94. The van der Waals surface area contributed by atoms with Gasteiger partial charge in [-0.2, -0.15) is 0 Å². The van der Waals surface area contributed by atoms with E-state index < -0.39 is 0 Å². The second-order valence-electron chi connectivity index (χ2n) is 9.50. The van der Waals surface area contributed by atoms with Crippen molar-refractivity contribution in [2.24, 2.45) is 0 Å². The molecule has 2 aliphatic heterocycles. The van der Waals surface area contributed by atoms with Crippen molar-refractivity contribution in [1.82, 2.24) is 10.2 Å². The van der Waals surface area contributed by atoms with Crippen LogP contribution in [0.25, 0.3) is 5.57 Å². The van der Waals surface area contributed by atoms with Crippen LogP contribution >= 0.6 is 11.6 Å². The zero-order valence-corrected chi connectivity index (χ0v) is 20.4. The van der Waals surface area contributed by atoms with Gasteiger partial charge in [-0.1, -0.05) is 41.9 Å². The number of halogens is 1. The van der Waals surface area contributed by atoms with Gasteiger partial charge in [-0.05, 0) is 71.9 Å². The summed E-state index contributed by atoms with van der Waals surface area (Å²) in [6.45, 7) is 2.23. The first-order chi connectivity index (χ1) is 16.5. The molecular formula is C28H31ClN2O3. The number of fused-ring (bicyclic) bond motifs is 2. The predicted octanol–water partition coefficient (Wildman–Crippen LogP) is 5.08. The number of ether oxygens (including phenoxy) is 1. The molecule has 5 rings (SSSR count). The number of likely N-dealkylation sites (tertiary alicyclic amines) is 1. The molecule has 0 saturated carbocycles. The van der Waals surface area contributed by atoms with E-state index in [1.54, 1.807) is 7.05 Å². The Morgan fingerprint density at radius 1 is 1.12 bits per heavy atom. The maximum absolute atomic E-state index is 13.7. The summed E-state index contributed by atoms with van der Waals surface area (Å²) in [6, 6.07) is 12.2. The smallest absolute Gasteiger partial charge is 0.254 e. The van der Waals surface area contributed by atoms with Crippen molar-refractivity contribution in [3.8, 4) is 5.75 Å². The Morgan fingerprint density at radius 2 is 1.94 bits per heavy atom. The number of para-hydroxylation sites is 1. The van der Waals surface area contributed by atoms with E-state index in [1.165, 1.54) is 11.1 Å². The van der Waals surface area contributed by atoms with Gasteiger partial charge in [0.25, 0.3) is 5.91 Å². The Kier molecular flexibility index (Phi) is 6.64. The Labute approximate surface area is 206 Å². The molecule has 2 aromatic carbocycles. The number of nitrogens with one attached hydrogen (secondary N) is 1. The number of hydrogen-bond acceptors (Lipinski definition) is 3. The van der Waals surface area contributed by atoms with E-state index in [4.69, 9.17) is 16.3 Å². The zero-order chi connectivity index (χ0) is 23.7. The molecule has 1 unspecified atom stereocenters. The highest BCUT2D eigenvalue weighted by atomic mass is 35.5. The standard InChI is InChI=1S/C28H31ClN2O3/c1-30-26(32)16-20-5-3-7-24(23-9-8-21(29)17-25(20)23)28(33)31-13-10-18(11-14-31)22-6-2-4-19-12-15-34-27(19)22/h2,4,6-9,17-18,20H,3,5,10-16H2,1H3,(H,30,32). The molecule has 1 N–H and O–H groups in total. The van der Waals surface area contributed by atoms with E-state index in [0.29, 0.717) is 17.4 Å². The summed E-state index contributed by atoms with van der Waals surface area (Å²) in [5.41, 5.74) is 5.26. The minimum atomic E-state index is 0.00384. The van der Waals surface area contributed by atoms with Crippen LogP contribution in [0.5, 0.6) is 5.75 Å². The Balaban J connectivity index is 1.34. The summed E-state index contributed by atoms with van der Waals surface area (Å²) in [6.07, 6.45) is 6.89. The highest BCUT2D eigenvalue weighted by Gasteiger charge is 2.31. The third kappa shape index (κ3) is 4.46. The second kappa shape index (κ2) is 9.83. The fraction of sp³-hybridized carbons (Fsp3) is 0.429. The zero-order valence-electron chi connectivity index (χ0n) is 19.6. The molecule has 2 amide bonds. The predicted molar refractivity (Wildman–Crippen MR) is 134 cm³/mol. The molecule has 0 radical (unpaired) electrons. The Bertz CT molecular complexity index is 1130. The van der Waals surface area contributed by atoms with Crippen molar-refractivity contribution < 1.29 is 14.3 Å². The molecule has 0 aromatic heterocycles. The molecule has 3 aliphatic rings. The van der Waals surface area contributed by atoms with Gasteiger partial charge in [0.15, 0.2) is 0 Å². The van der Waals surface area contributed by atoms with Crippen molar-refractivity contribution in [2.75, 3.05) is 26.7 Å². The number of carbonyl (C=O) groups excluding carboxylic acids is 2. The van der Waals surface area contributed by atoms with Gasteiger partial charge in [0, 0.05) is 43.6 Å². The lowest BCUT2D eigenvalue weighted by molar-refractivity contribution is -0.126. The molecule has 2 aromatic rings. The Hall–Kier alpha value is -2.79. The molecule has 1 saturated heterocycles. The van der Waals surface area contributed by atoms with Gasteiger partial charge in [-0.3, -0.25) is 9.59 Å². The lowest BCUT2D eigenvalue weighted by Crippen LogP contribution is -2.38. The van der Waals surface area contributed by atoms with E-state index in [2.05, 4.69) is 29.6 Å². The van der Waals surface area contributed by atoms with Gasteiger partial charge in [-0.15, -0.1) is 0 Å². The molecule has 0 spiro atoms. The van der Waals surface area contributed by atoms with Crippen molar-refractivity contribution in [3.63, 3.8) is 0 Å². The lowest BCUT2D eigenvalue weighted by Gasteiger charge is -2.33. The van der Waals surface area contributed by atoms with Crippen LogP contribution in [0.2, 0.25) is 5.02 Å². The summed E-state index contributed by atoms with van der Waals surface area (Å²) in [7, 11) is 1.66. The number of amides is 2. The van der Waals surface area contributed by atoms with Crippen molar-refractivity contribution in [2.45, 2.75) is 50.4 Å². The SMILES string of the molecule is CNC(=O)CC1CCC=C(C(=O)N2CCC(c3cccc4c3OCC4)CC2)c2ccc(Cl)cc21. The summed E-state index contributed by atoms with van der Waals surface area (Å²) in [5, 5.41) is 3.36. The number of hydrogen-bond donors (Lipinski definition) is 1. The molecule has 1 fully saturated rings. The van der Waals surface area contributed by atoms with Gasteiger partial charge < -0.3 is 15.0 Å². The fourth-order valence-electron chi connectivity index (χ4n) is 5.68. The van der Waals surface area contributed by atoms with Crippen molar-refractivity contribution >= 4 is 29.0 Å². The summed E-state index contributed by atoms with van der Waals surface area (Å²) in [4.78, 5) is 27.8. The van der Waals surface area contributed by atoms with Crippen LogP contribution in [0.3, 0.4) is 0 Å². The number of nitrogens with zero attached hydrogens (tertiary/aromatic N) is 1. The van der Waals surface area contributed by atoms with E-state index >= 15 is 0 Å². The molecule has 6 heteroatoms. The minimum Gasteiger partial charge on any atom is -0.493 e. The molecule has 34 heavy (non-hydrogen) atoms. The third-order valence-corrected chi connectivity index (χ3v) is 7.75. The quantitative estimate of drug-likeness (QED) is 0.666. The number of carbonyl (C=O) groups is 2. The lowest BCUT2D eigenvalue weighted by atomic mass is 9.86. The van der Waals surface area contributed by atoms with Gasteiger partial charge >= 0.3 is 0 Å². The summed E-state index contributed by atoms with van der Waals surface area (Å²) < 4.78 is 5.93. The normalized spacial score (nSPS) is 20.0. The average molecular weight is 479 g/mol. The minimum absolute atomic E-state index is 0.00384. The fourth-order valence-corrected chi connectivity index (χ4v) is 5.86. The third-order valence-electron chi connectivity index (χ3n) is 7.52. The van der Waals surface area contributed by atoms with Crippen LogP contribution in [-0.2, 0) is 16.0 Å². The van der Waals surface area contributed by atoms with Crippen LogP contribution in [0, 0.1) is 0 Å². The molecule has 1 aliphatic carbocycles. The average Bonchev–Trinajstić information content (AvgIpc) is 3.28. The van der Waals surface area contributed by atoms with E-state index in [-0.39, 0.29) is 17.7 Å². The van der Waals surface area contributed by atoms with Crippen molar-refractivity contribution in [1.29, 1.82) is 0 Å². The first-order valence-electron chi connectivity index (χ1n) is 12.3. The highest BCUT2D eigenvalue weighted by Crippen LogP contribution is 2.41. The van der Waals surface area contributed by atoms with E-state index in [1.807, 2.05) is 23.1 Å². The monoisotopic (exact) mass is 478 g/mol. The first-order valence-corrected chi connectivity index (χ1v) is 12.7.